The lowest BCUT2D eigenvalue weighted by Gasteiger charge is -2.09. The monoisotopic (exact) mass is 514 g/mol. The molecule has 0 spiro atoms. The molecule has 0 radical (unpaired) electrons. The van der Waals surface area contributed by atoms with E-state index in [1.54, 1.807) is 11.3 Å². The van der Waals surface area contributed by atoms with E-state index in [1.165, 1.54) is 42.8 Å². The molecule has 8 rings (SSSR count). The van der Waals surface area contributed by atoms with Gasteiger partial charge in [-0.1, -0.05) is 133 Å². The Hall–Kier alpha value is -4.86. The van der Waals surface area contributed by atoms with Gasteiger partial charge in [0.25, 0.3) is 0 Å². The maximum Gasteiger partial charge on any atom is 0.160 e. The van der Waals surface area contributed by atoms with Crippen molar-refractivity contribution < 1.29 is 0 Å². The zero-order valence-corrected chi connectivity index (χ0v) is 21.8. The lowest BCUT2D eigenvalue weighted by Crippen LogP contribution is -1.93. The SMILES string of the molecule is c1ccc(-c2ccc(-c3nc(-c4ccccc4)c4sc5c6ccccc6c6ccccc6c5c4n3)cc2)cc1. The standard InChI is InChI=1S/C36H22N2S/c1-3-11-23(12-4-1)24-19-21-26(22-20-24)36-37-32(25-13-5-2-6-14-25)35-33(38-36)31-29-17-9-7-15-27(29)28-16-8-10-18-30(28)34(31)39-35/h1-22H. The van der Waals surface area contributed by atoms with Gasteiger partial charge in [0.15, 0.2) is 5.82 Å². The highest BCUT2D eigenvalue weighted by atomic mass is 32.1. The fraction of sp³-hybridized carbons (Fsp3) is 0. The molecular formula is C36H22N2S. The first kappa shape index (κ1) is 22.2. The van der Waals surface area contributed by atoms with E-state index in [0.29, 0.717) is 0 Å². The number of fused-ring (bicyclic) bond motifs is 8. The Kier molecular flexibility index (Phi) is 5.04. The van der Waals surface area contributed by atoms with Crippen LogP contribution in [0.1, 0.15) is 0 Å². The molecule has 0 aliphatic carbocycles. The molecule has 0 N–H and O–H groups in total. The minimum atomic E-state index is 0.748. The van der Waals surface area contributed by atoms with Crippen molar-refractivity contribution in [3.63, 3.8) is 0 Å². The molecule has 0 aliphatic rings. The van der Waals surface area contributed by atoms with E-state index in [2.05, 4.69) is 127 Å². The van der Waals surface area contributed by atoms with Crippen molar-refractivity contribution in [2.24, 2.45) is 0 Å². The van der Waals surface area contributed by atoms with Gasteiger partial charge < -0.3 is 0 Å². The number of hydrogen-bond donors (Lipinski definition) is 0. The third-order valence-corrected chi connectivity index (χ3v) is 8.71. The van der Waals surface area contributed by atoms with Crippen LogP contribution >= 0.6 is 11.3 Å². The summed E-state index contributed by atoms with van der Waals surface area (Å²) >= 11 is 1.81. The topological polar surface area (TPSA) is 25.8 Å². The molecule has 2 heterocycles. The zero-order valence-electron chi connectivity index (χ0n) is 21.0. The van der Waals surface area contributed by atoms with Gasteiger partial charge in [-0.15, -0.1) is 11.3 Å². The van der Waals surface area contributed by atoms with Crippen LogP contribution in [0.15, 0.2) is 133 Å². The number of thiophene rings is 1. The fourth-order valence-corrected chi connectivity index (χ4v) is 6.94. The van der Waals surface area contributed by atoms with E-state index in [4.69, 9.17) is 9.97 Å². The van der Waals surface area contributed by atoms with Crippen molar-refractivity contribution >= 4 is 53.2 Å². The summed E-state index contributed by atoms with van der Waals surface area (Å²) in [5.41, 5.74) is 6.50. The molecule has 0 bridgehead atoms. The van der Waals surface area contributed by atoms with Gasteiger partial charge in [0.05, 0.1) is 15.9 Å². The summed E-state index contributed by atoms with van der Waals surface area (Å²) in [4.78, 5) is 10.5. The first-order valence-electron chi connectivity index (χ1n) is 13.1. The van der Waals surface area contributed by atoms with Crippen molar-refractivity contribution in [3.8, 4) is 33.8 Å². The number of benzene rings is 6. The second kappa shape index (κ2) is 8.87. The van der Waals surface area contributed by atoms with Crippen molar-refractivity contribution in [2.75, 3.05) is 0 Å². The second-order valence-corrected chi connectivity index (χ2v) is 10.8. The van der Waals surface area contributed by atoms with Crippen LogP contribution in [0.25, 0.3) is 75.6 Å². The molecule has 0 atom stereocenters. The first-order valence-corrected chi connectivity index (χ1v) is 13.9. The van der Waals surface area contributed by atoms with Crippen LogP contribution in [-0.2, 0) is 0 Å². The van der Waals surface area contributed by atoms with Crippen LogP contribution in [0.4, 0.5) is 0 Å². The van der Waals surface area contributed by atoms with Gasteiger partial charge in [0, 0.05) is 26.6 Å². The lowest BCUT2D eigenvalue weighted by molar-refractivity contribution is 1.24. The van der Waals surface area contributed by atoms with E-state index in [-0.39, 0.29) is 0 Å². The Bertz CT molecular complexity index is 2150. The summed E-state index contributed by atoms with van der Waals surface area (Å²) < 4.78 is 2.39. The number of hydrogen-bond acceptors (Lipinski definition) is 3. The van der Waals surface area contributed by atoms with Crippen molar-refractivity contribution in [3.05, 3.63) is 133 Å². The summed E-state index contributed by atoms with van der Waals surface area (Å²) in [5.74, 6) is 0.748. The molecule has 0 amide bonds. The highest BCUT2D eigenvalue weighted by molar-refractivity contribution is 7.27. The minimum Gasteiger partial charge on any atom is -0.226 e. The van der Waals surface area contributed by atoms with Crippen molar-refractivity contribution in [1.29, 1.82) is 0 Å². The number of rotatable bonds is 3. The minimum absolute atomic E-state index is 0.748. The molecule has 39 heavy (non-hydrogen) atoms. The Labute approximate surface area is 229 Å². The average molecular weight is 515 g/mol. The normalized spacial score (nSPS) is 11.6. The molecular weight excluding hydrogens is 492 g/mol. The summed E-state index contributed by atoms with van der Waals surface area (Å²) in [6.07, 6.45) is 0. The fourth-order valence-electron chi connectivity index (χ4n) is 5.63. The first-order chi connectivity index (χ1) is 19.3. The van der Waals surface area contributed by atoms with E-state index >= 15 is 0 Å². The third kappa shape index (κ3) is 3.55. The number of aromatic nitrogens is 2. The molecule has 6 aromatic carbocycles. The molecule has 0 fully saturated rings. The highest BCUT2D eigenvalue weighted by Gasteiger charge is 2.20. The van der Waals surface area contributed by atoms with Gasteiger partial charge in [-0.05, 0) is 27.3 Å². The van der Waals surface area contributed by atoms with E-state index < -0.39 is 0 Å². The van der Waals surface area contributed by atoms with Crippen LogP contribution in [0.2, 0.25) is 0 Å². The smallest absolute Gasteiger partial charge is 0.160 e. The quantitative estimate of drug-likeness (QED) is 0.219. The molecule has 2 aromatic heterocycles. The molecule has 0 unspecified atom stereocenters. The van der Waals surface area contributed by atoms with Crippen molar-refractivity contribution in [2.45, 2.75) is 0 Å². The predicted octanol–water partition coefficient (Wildman–Crippen LogP) is 10.2. The number of nitrogens with zero attached hydrogens (tertiary/aromatic N) is 2. The van der Waals surface area contributed by atoms with Crippen LogP contribution < -0.4 is 0 Å². The van der Waals surface area contributed by atoms with E-state index in [0.717, 1.165) is 32.9 Å². The van der Waals surface area contributed by atoms with Gasteiger partial charge in [-0.3, -0.25) is 0 Å². The van der Waals surface area contributed by atoms with Crippen LogP contribution in [0.5, 0.6) is 0 Å². The van der Waals surface area contributed by atoms with Gasteiger partial charge in [-0.25, -0.2) is 9.97 Å². The van der Waals surface area contributed by atoms with Crippen LogP contribution in [-0.4, -0.2) is 9.97 Å². The Morgan fingerprint density at radius 2 is 0.897 bits per heavy atom. The molecule has 0 saturated carbocycles. The van der Waals surface area contributed by atoms with Gasteiger partial charge >= 0.3 is 0 Å². The van der Waals surface area contributed by atoms with Gasteiger partial charge in [0.1, 0.15) is 0 Å². The second-order valence-electron chi connectivity index (χ2n) is 9.78. The molecule has 3 heteroatoms. The predicted molar refractivity (Wildman–Crippen MR) is 166 cm³/mol. The molecule has 182 valence electrons. The largest absolute Gasteiger partial charge is 0.226 e. The Morgan fingerprint density at radius 1 is 0.385 bits per heavy atom. The van der Waals surface area contributed by atoms with E-state index in [9.17, 15) is 0 Å². The summed E-state index contributed by atoms with van der Waals surface area (Å²) in [6.45, 7) is 0. The maximum atomic E-state index is 5.28. The summed E-state index contributed by atoms with van der Waals surface area (Å²) in [7, 11) is 0. The summed E-state index contributed by atoms with van der Waals surface area (Å²) in [5, 5.41) is 6.25. The van der Waals surface area contributed by atoms with Crippen LogP contribution in [0, 0.1) is 0 Å². The van der Waals surface area contributed by atoms with Gasteiger partial charge in [-0.2, -0.15) is 0 Å². The molecule has 2 nitrogen and oxygen atoms in total. The third-order valence-electron chi connectivity index (χ3n) is 7.49. The zero-order chi connectivity index (χ0) is 25.8. The van der Waals surface area contributed by atoms with Gasteiger partial charge in [0.2, 0.25) is 0 Å². The van der Waals surface area contributed by atoms with Crippen molar-refractivity contribution in [1.82, 2.24) is 9.97 Å². The maximum absolute atomic E-state index is 5.28. The lowest BCUT2D eigenvalue weighted by atomic mass is 9.98. The average Bonchev–Trinajstić information content (AvgIpc) is 3.42. The Morgan fingerprint density at radius 3 is 1.59 bits per heavy atom. The molecule has 0 aliphatic heterocycles. The van der Waals surface area contributed by atoms with Crippen LogP contribution in [0.3, 0.4) is 0 Å². The summed E-state index contributed by atoms with van der Waals surface area (Å²) in [6, 6.07) is 47.0. The highest BCUT2D eigenvalue weighted by Crippen LogP contribution is 2.46. The Balaban J connectivity index is 1.46. The molecule has 8 aromatic rings. The van der Waals surface area contributed by atoms with E-state index in [1.807, 2.05) is 6.07 Å². The molecule has 0 saturated heterocycles.